The number of aromatic nitrogens is 1. The molecular weight excluding hydrogens is 212 g/mol. The number of para-hydroxylation sites is 1. The molecule has 0 atom stereocenters. The molecule has 17 heavy (non-hydrogen) atoms. The monoisotopic (exact) mass is 228 g/mol. The minimum Gasteiger partial charge on any atom is -0.455 e. The Kier molecular flexibility index (Phi) is 3.28. The van der Waals surface area contributed by atoms with Crippen molar-refractivity contribution in [1.82, 2.24) is 4.98 Å². The minimum atomic E-state index is 0.411. The summed E-state index contributed by atoms with van der Waals surface area (Å²) in [6, 6.07) is 9.76. The minimum absolute atomic E-state index is 0.411. The van der Waals surface area contributed by atoms with Crippen molar-refractivity contribution in [3.8, 4) is 11.5 Å². The fraction of sp³-hybridized carbons (Fsp3) is 0.214. The predicted molar refractivity (Wildman–Crippen MR) is 69.3 cm³/mol. The van der Waals surface area contributed by atoms with Crippen LogP contribution in [-0.2, 0) is 0 Å². The molecule has 2 rings (SSSR count). The number of nitrogen functional groups attached to an aromatic ring is 1. The number of hydrogen-bond acceptors (Lipinski definition) is 3. The van der Waals surface area contributed by atoms with E-state index in [1.807, 2.05) is 18.2 Å². The summed E-state index contributed by atoms with van der Waals surface area (Å²) in [6.07, 6.45) is 3.26. The van der Waals surface area contributed by atoms with Crippen LogP contribution in [0.4, 0.5) is 5.69 Å². The van der Waals surface area contributed by atoms with Crippen LogP contribution in [0, 0.1) is 0 Å². The molecule has 0 fully saturated rings. The highest BCUT2D eigenvalue weighted by Gasteiger charge is 2.09. The first-order chi connectivity index (χ1) is 8.18. The van der Waals surface area contributed by atoms with Crippen LogP contribution in [-0.4, -0.2) is 4.98 Å². The number of rotatable bonds is 3. The molecule has 88 valence electrons. The van der Waals surface area contributed by atoms with Gasteiger partial charge in [-0.1, -0.05) is 32.0 Å². The van der Waals surface area contributed by atoms with E-state index < -0.39 is 0 Å². The molecule has 2 aromatic rings. The second-order valence-electron chi connectivity index (χ2n) is 4.21. The number of anilines is 1. The third-order valence-corrected chi connectivity index (χ3v) is 2.57. The highest BCUT2D eigenvalue weighted by molar-refractivity contribution is 5.52. The zero-order valence-electron chi connectivity index (χ0n) is 10.1. The molecular formula is C14H16N2O. The van der Waals surface area contributed by atoms with Crippen LogP contribution >= 0.6 is 0 Å². The van der Waals surface area contributed by atoms with Crippen LogP contribution < -0.4 is 10.5 Å². The molecule has 0 spiro atoms. The lowest BCUT2D eigenvalue weighted by Crippen LogP contribution is -1.96. The van der Waals surface area contributed by atoms with Crippen LogP contribution in [0.3, 0.4) is 0 Å². The molecule has 1 aromatic carbocycles. The zero-order chi connectivity index (χ0) is 12.3. The van der Waals surface area contributed by atoms with Gasteiger partial charge in [-0.2, -0.15) is 0 Å². The molecule has 0 saturated heterocycles. The fourth-order valence-corrected chi connectivity index (χ4v) is 1.66. The summed E-state index contributed by atoms with van der Waals surface area (Å²) in [4.78, 5) is 3.94. The maximum Gasteiger partial charge on any atom is 0.153 e. The zero-order valence-corrected chi connectivity index (χ0v) is 10.1. The summed E-state index contributed by atoms with van der Waals surface area (Å²) in [5, 5.41) is 0. The van der Waals surface area contributed by atoms with Crippen LogP contribution in [0.2, 0.25) is 0 Å². The quantitative estimate of drug-likeness (QED) is 0.873. The van der Waals surface area contributed by atoms with Crippen LogP contribution in [0.25, 0.3) is 0 Å². The van der Waals surface area contributed by atoms with E-state index >= 15 is 0 Å². The topological polar surface area (TPSA) is 48.1 Å². The number of nitrogens with two attached hydrogens (primary N) is 1. The van der Waals surface area contributed by atoms with Crippen molar-refractivity contribution in [2.75, 3.05) is 5.73 Å². The first-order valence-electron chi connectivity index (χ1n) is 5.64. The number of ether oxygens (including phenoxy) is 1. The molecule has 0 aliphatic heterocycles. The largest absolute Gasteiger partial charge is 0.455 e. The van der Waals surface area contributed by atoms with E-state index in [-0.39, 0.29) is 0 Å². The van der Waals surface area contributed by atoms with E-state index in [9.17, 15) is 0 Å². The average Bonchev–Trinajstić information content (AvgIpc) is 2.32. The molecule has 0 saturated carbocycles. The lowest BCUT2D eigenvalue weighted by molar-refractivity contribution is 0.475. The van der Waals surface area contributed by atoms with Crippen LogP contribution in [0.5, 0.6) is 11.5 Å². The summed E-state index contributed by atoms with van der Waals surface area (Å²) in [5.41, 5.74) is 7.52. The first-order valence-corrected chi connectivity index (χ1v) is 5.64. The lowest BCUT2D eigenvalue weighted by atomic mass is 10.0. The molecule has 0 aliphatic rings. The van der Waals surface area contributed by atoms with Gasteiger partial charge in [0.05, 0.1) is 11.9 Å². The SMILES string of the molecule is CC(C)c1ccccc1Oc1ccncc1N. The van der Waals surface area contributed by atoms with E-state index in [4.69, 9.17) is 10.5 Å². The van der Waals surface area contributed by atoms with E-state index in [1.54, 1.807) is 18.5 Å². The van der Waals surface area contributed by atoms with E-state index in [1.165, 1.54) is 5.56 Å². The van der Waals surface area contributed by atoms with Crippen molar-refractivity contribution in [1.29, 1.82) is 0 Å². The van der Waals surface area contributed by atoms with Crippen molar-refractivity contribution in [2.24, 2.45) is 0 Å². The highest BCUT2D eigenvalue weighted by atomic mass is 16.5. The maximum absolute atomic E-state index is 5.84. The van der Waals surface area contributed by atoms with E-state index in [0.29, 0.717) is 17.4 Å². The van der Waals surface area contributed by atoms with Gasteiger partial charge in [0.1, 0.15) is 5.75 Å². The maximum atomic E-state index is 5.84. The van der Waals surface area contributed by atoms with Crippen molar-refractivity contribution in [2.45, 2.75) is 19.8 Å². The lowest BCUT2D eigenvalue weighted by Gasteiger charge is -2.14. The van der Waals surface area contributed by atoms with E-state index in [0.717, 1.165) is 5.75 Å². The predicted octanol–water partition coefficient (Wildman–Crippen LogP) is 3.58. The fourth-order valence-electron chi connectivity index (χ4n) is 1.66. The first kappa shape index (κ1) is 11.5. The van der Waals surface area contributed by atoms with E-state index in [2.05, 4.69) is 24.9 Å². The van der Waals surface area contributed by atoms with Crippen molar-refractivity contribution in [3.05, 3.63) is 48.3 Å². The van der Waals surface area contributed by atoms with Crippen molar-refractivity contribution in [3.63, 3.8) is 0 Å². The molecule has 2 N–H and O–H groups in total. The number of benzene rings is 1. The highest BCUT2D eigenvalue weighted by Crippen LogP contribution is 2.32. The number of nitrogens with zero attached hydrogens (tertiary/aromatic N) is 1. The molecule has 1 aromatic heterocycles. The van der Waals surface area contributed by atoms with Crippen molar-refractivity contribution >= 4 is 5.69 Å². The Hall–Kier alpha value is -2.03. The molecule has 0 aliphatic carbocycles. The molecule has 1 heterocycles. The molecule has 0 radical (unpaired) electrons. The molecule has 0 bridgehead atoms. The third kappa shape index (κ3) is 2.56. The Labute approximate surface area is 101 Å². The van der Waals surface area contributed by atoms with Gasteiger partial charge in [0, 0.05) is 12.3 Å². The Morgan fingerprint density at radius 2 is 1.88 bits per heavy atom. The van der Waals surface area contributed by atoms with Crippen molar-refractivity contribution < 1.29 is 4.74 Å². The number of hydrogen-bond donors (Lipinski definition) is 1. The molecule has 3 nitrogen and oxygen atoms in total. The van der Waals surface area contributed by atoms with Gasteiger partial charge in [0.15, 0.2) is 5.75 Å². The van der Waals surface area contributed by atoms with Gasteiger partial charge >= 0.3 is 0 Å². The Bertz CT molecular complexity index is 509. The van der Waals surface area contributed by atoms with Gasteiger partial charge in [-0.05, 0) is 17.5 Å². The second kappa shape index (κ2) is 4.87. The van der Waals surface area contributed by atoms with Gasteiger partial charge in [-0.15, -0.1) is 0 Å². The second-order valence-corrected chi connectivity index (χ2v) is 4.21. The van der Waals surface area contributed by atoms with Gasteiger partial charge in [0.25, 0.3) is 0 Å². The average molecular weight is 228 g/mol. The summed E-state index contributed by atoms with van der Waals surface area (Å²) in [5.74, 6) is 1.91. The standard InChI is InChI=1S/C14H16N2O/c1-10(2)11-5-3-4-6-13(11)17-14-7-8-16-9-12(14)15/h3-10H,15H2,1-2H3. The smallest absolute Gasteiger partial charge is 0.153 e. The van der Waals surface area contributed by atoms with Gasteiger partial charge in [0.2, 0.25) is 0 Å². The number of pyridine rings is 1. The normalized spacial score (nSPS) is 10.5. The van der Waals surface area contributed by atoms with Gasteiger partial charge < -0.3 is 10.5 Å². The van der Waals surface area contributed by atoms with Gasteiger partial charge in [-0.25, -0.2) is 0 Å². The Morgan fingerprint density at radius 3 is 2.59 bits per heavy atom. The third-order valence-electron chi connectivity index (χ3n) is 2.57. The Morgan fingerprint density at radius 1 is 1.12 bits per heavy atom. The summed E-state index contributed by atoms with van der Waals surface area (Å²) >= 11 is 0. The van der Waals surface area contributed by atoms with Crippen LogP contribution in [0.15, 0.2) is 42.7 Å². The van der Waals surface area contributed by atoms with Crippen LogP contribution in [0.1, 0.15) is 25.3 Å². The summed E-state index contributed by atoms with van der Waals surface area (Å²) in [7, 11) is 0. The van der Waals surface area contributed by atoms with Gasteiger partial charge in [-0.3, -0.25) is 4.98 Å². The summed E-state index contributed by atoms with van der Waals surface area (Å²) < 4.78 is 5.84. The summed E-state index contributed by atoms with van der Waals surface area (Å²) in [6.45, 7) is 4.27. The molecule has 3 heteroatoms. The molecule has 0 amide bonds. The Balaban J connectivity index is 2.34. The molecule has 0 unspecified atom stereocenters.